The number of hydrogen-bond donors (Lipinski definition) is 1. The van der Waals surface area contributed by atoms with E-state index < -0.39 is 0 Å². The fraction of sp³-hybridized carbons (Fsp3) is 0.545. The van der Waals surface area contributed by atoms with Gasteiger partial charge in [0.2, 0.25) is 0 Å². The summed E-state index contributed by atoms with van der Waals surface area (Å²) >= 11 is 0. The van der Waals surface area contributed by atoms with Crippen LogP contribution in [-0.2, 0) is 0 Å². The molecule has 3 heteroatoms. The summed E-state index contributed by atoms with van der Waals surface area (Å²) in [7, 11) is 0. The van der Waals surface area contributed by atoms with Crippen LogP contribution in [0.5, 0.6) is 5.75 Å². The van der Waals surface area contributed by atoms with E-state index in [1.54, 1.807) is 12.3 Å². The van der Waals surface area contributed by atoms with Gasteiger partial charge in [-0.1, -0.05) is 13.8 Å². The van der Waals surface area contributed by atoms with Crippen molar-refractivity contribution in [3.05, 3.63) is 18.0 Å². The molecule has 1 aromatic rings. The Kier molecular flexibility index (Phi) is 3.33. The molecule has 0 saturated heterocycles. The van der Waals surface area contributed by atoms with Crippen molar-refractivity contribution >= 4 is 5.69 Å². The molecule has 0 atom stereocenters. The molecule has 0 bridgehead atoms. The molecule has 0 unspecified atom stereocenters. The van der Waals surface area contributed by atoms with Crippen molar-refractivity contribution in [3.63, 3.8) is 0 Å². The average Bonchev–Trinajstić information content (AvgIpc) is 2.07. The third-order valence-corrected chi connectivity index (χ3v) is 1.89. The molecular weight excluding hydrogens is 176 g/mol. The van der Waals surface area contributed by atoms with E-state index in [2.05, 4.69) is 18.8 Å². The summed E-state index contributed by atoms with van der Waals surface area (Å²) in [6.45, 7) is 8.10. The zero-order valence-electron chi connectivity index (χ0n) is 9.24. The Morgan fingerprint density at radius 2 is 1.93 bits per heavy atom. The van der Waals surface area contributed by atoms with E-state index in [0.29, 0.717) is 11.6 Å². The van der Waals surface area contributed by atoms with Crippen molar-refractivity contribution in [1.82, 2.24) is 4.98 Å². The third kappa shape index (κ3) is 2.37. The highest BCUT2D eigenvalue weighted by Crippen LogP contribution is 2.28. The lowest BCUT2D eigenvalue weighted by Gasteiger charge is -2.15. The standard InChI is InChI=1S/C11H18N2O/c1-7(2)11-10(12)9(5-6-13-11)14-8(3)4/h5-8H,12H2,1-4H3. The van der Waals surface area contributed by atoms with E-state index >= 15 is 0 Å². The molecule has 1 aromatic heterocycles. The molecule has 0 radical (unpaired) electrons. The maximum Gasteiger partial charge on any atom is 0.145 e. The molecule has 0 saturated carbocycles. The fourth-order valence-corrected chi connectivity index (χ4v) is 1.29. The van der Waals surface area contributed by atoms with Gasteiger partial charge in [0.1, 0.15) is 5.75 Å². The second-order valence-corrected chi connectivity index (χ2v) is 3.93. The van der Waals surface area contributed by atoms with Gasteiger partial charge >= 0.3 is 0 Å². The summed E-state index contributed by atoms with van der Waals surface area (Å²) < 4.78 is 5.57. The number of nitrogens with two attached hydrogens (primary N) is 1. The van der Waals surface area contributed by atoms with Crippen molar-refractivity contribution < 1.29 is 4.74 Å². The van der Waals surface area contributed by atoms with Crippen LogP contribution < -0.4 is 10.5 Å². The topological polar surface area (TPSA) is 48.1 Å². The lowest BCUT2D eigenvalue weighted by Crippen LogP contribution is -2.09. The van der Waals surface area contributed by atoms with Gasteiger partial charge in [0.05, 0.1) is 17.5 Å². The first-order chi connectivity index (χ1) is 6.52. The molecular formula is C11H18N2O. The van der Waals surface area contributed by atoms with Crippen LogP contribution >= 0.6 is 0 Å². The maximum absolute atomic E-state index is 5.95. The van der Waals surface area contributed by atoms with Crippen LogP contribution in [0.2, 0.25) is 0 Å². The Bertz CT molecular complexity index is 308. The minimum atomic E-state index is 0.139. The first-order valence-corrected chi connectivity index (χ1v) is 4.93. The second kappa shape index (κ2) is 4.31. The zero-order chi connectivity index (χ0) is 10.7. The molecule has 0 amide bonds. The number of pyridine rings is 1. The van der Waals surface area contributed by atoms with E-state index in [9.17, 15) is 0 Å². The van der Waals surface area contributed by atoms with E-state index in [-0.39, 0.29) is 6.10 Å². The van der Waals surface area contributed by atoms with Crippen molar-refractivity contribution in [3.8, 4) is 5.75 Å². The summed E-state index contributed by atoms with van der Waals surface area (Å²) in [5.74, 6) is 1.06. The Labute approximate surface area is 85.3 Å². The maximum atomic E-state index is 5.95. The van der Waals surface area contributed by atoms with Crippen LogP contribution in [0.4, 0.5) is 5.69 Å². The Morgan fingerprint density at radius 3 is 2.43 bits per heavy atom. The molecule has 0 spiro atoms. The minimum Gasteiger partial charge on any atom is -0.489 e. The summed E-state index contributed by atoms with van der Waals surface area (Å²) in [4.78, 5) is 4.24. The Balaban J connectivity index is 3.01. The van der Waals surface area contributed by atoms with Crippen LogP contribution in [0.3, 0.4) is 0 Å². The third-order valence-electron chi connectivity index (χ3n) is 1.89. The normalized spacial score (nSPS) is 11.0. The average molecular weight is 194 g/mol. The highest BCUT2D eigenvalue weighted by atomic mass is 16.5. The molecule has 78 valence electrons. The lowest BCUT2D eigenvalue weighted by atomic mass is 10.1. The van der Waals surface area contributed by atoms with Crippen LogP contribution in [0, 0.1) is 0 Å². The predicted molar refractivity (Wildman–Crippen MR) is 58.5 cm³/mol. The molecule has 0 fully saturated rings. The number of nitrogens with zero attached hydrogens (tertiary/aromatic N) is 1. The largest absolute Gasteiger partial charge is 0.489 e. The lowest BCUT2D eigenvalue weighted by molar-refractivity contribution is 0.243. The first-order valence-electron chi connectivity index (χ1n) is 4.93. The number of nitrogen functional groups attached to an aromatic ring is 1. The molecule has 1 rings (SSSR count). The van der Waals surface area contributed by atoms with Crippen molar-refractivity contribution in [2.45, 2.75) is 39.7 Å². The summed E-state index contributed by atoms with van der Waals surface area (Å²) in [5.41, 5.74) is 7.51. The fourth-order valence-electron chi connectivity index (χ4n) is 1.29. The van der Waals surface area contributed by atoms with E-state index in [1.807, 2.05) is 13.8 Å². The van der Waals surface area contributed by atoms with Gasteiger partial charge in [-0.25, -0.2) is 0 Å². The number of hydrogen-bond acceptors (Lipinski definition) is 3. The molecule has 14 heavy (non-hydrogen) atoms. The SMILES string of the molecule is CC(C)Oc1ccnc(C(C)C)c1N. The second-order valence-electron chi connectivity index (χ2n) is 3.93. The Hall–Kier alpha value is -1.25. The molecule has 3 nitrogen and oxygen atoms in total. The Morgan fingerprint density at radius 1 is 1.29 bits per heavy atom. The summed E-state index contributed by atoms with van der Waals surface area (Å²) in [6, 6.07) is 1.81. The van der Waals surface area contributed by atoms with Crippen molar-refractivity contribution in [2.75, 3.05) is 5.73 Å². The number of ether oxygens (including phenoxy) is 1. The molecule has 1 heterocycles. The molecule has 0 aliphatic heterocycles. The quantitative estimate of drug-likeness (QED) is 0.804. The van der Waals surface area contributed by atoms with Crippen LogP contribution in [0.1, 0.15) is 39.3 Å². The minimum absolute atomic E-state index is 0.139. The highest BCUT2D eigenvalue weighted by molar-refractivity contribution is 5.56. The number of anilines is 1. The number of aromatic nitrogens is 1. The van der Waals surface area contributed by atoms with E-state index in [4.69, 9.17) is 10.5 Å². The molecule has 0 aliphatic carbocycles. The molecule has 0 aliphatic rings. The highest BCUT2D eigenvalue weighted by Gasteiger charge is 2.11. The van der Waals surface area contributed by atoms with E-state index in [1.165, 1.54) is 0 Å². The van der Waals surface area contributed by atoms with Crippen LogP contribution in [-0.4, -0.2) is 11.1 Å². The molecule has 2 N–H and O–H groups in total. The van der Waals surface area contributed by atoms with Crippen LogP contribution in [0.15, 0.2) is 12.3 Å². The van der Waals surface area contributed by atoms with Gasteiger partial charge in [0, 0.05) is 12.3 Å². The summed E-state index contributed by atoms with van der Waals surface area (Å²) in [5, 5.41) is 0. The van der Waals surface area contributed by atoms with Gasteiger partial charge in [0.15, 0.2) is 0 Å². The predicted octanol–water partition coefficient (Wildman–Crippen LogP) is 2.57. The van der Waals surface area contributed by atoms with Gasteiger partial charge in [-0.15, -0.1) is 0 Å². The van der Waals surface area contributed by atoms with Crippen LogP contribution in [0.25, 0.3) is 0 Å². The van der Waals surface area contributed by atoms with Gasteiger partial charge in [-0.05, 0) is 19.8 Å². The van der Waals surface area contributed by atoms with Crippen molar-refractivity contribution in [2.24, 2.45) is 0 Å². The smallest absolute Gasteiger partial charge is 0.145 e. The van der Waals surface area contributed by atoms with E-state index in [0.717, 1.165) is 11.4 Å². The zero-order valence-corrected chi connectivity index (χ0v) is 9.24. The number of rotatable bonds is 3. The van der Waals surface area contributed by atoms with Crippen molar-refractivity contribution in [1.29, 1.82) is 0 Å². The monoisotopic (exact) mass is 194 g/mol. The first kappa shape index (κ1) is 10.8. The van der Waals surface area contributed by atoms with Gasteiger partial charge < -0.3 is 10.5 Å². The van der Waals surface area contributed by atoms with Gasteiger partial charge in [-0.2, -0.15) is 0 Å². The molecule has 0 aromatic carbocycles. The van der Waals surface area contributed by atoms with Gasteiger partial charge in [-0.3, -0.25) is 4.98 Å². The summed E-state index contributed by atoms with van der Waals surface area (Å²) in [6.07, 6.45) is 1.88. The van der Waals surface area contributed by atoms with Gasteiger partial charge in [0.25, 0.3) is 0 Å².